The second-order valence-corrected chi connectivity index (χ2v) is 1.47. The van der Waals surface area contributed by atoms with Crippen molar-refractivity contribution in [1.29, 1.82) is 0 Å². The van der Waals surface area contributed by atoms with E-state index in [1.807, 2.05) is 0 Å². The molecule has 0 unspecified atom stereocenters. The number of hydrogen-bond donors (Lipinski definition) is 0. The zero-order valence-electron chi connectivity index (χ0n) is 9.22. The van der Waals surface area contributed by atoms with E-state index in [1.54, 1.807) is 0 Å². The normalized spacial score (nSPS) is 4.41. The van der Waals surface area contributed by atoms with Crippen LogP contribution >= 0.6 is 0 Å². The SMILES string of the molecule is CC(=O)[O-].CC(=O)[O-].CC(=O)[O-].O.O.O.O.[Yb+3]. The van der Waals surface area contributed by atoms with Gasteiger partial charge in [-0.15, -0.1) is 0 Å². The van der Waals surface area contributed by atoms with Gasteiger partial charge in [0.1, 0.15) is 0 Å². The predicted octanol–water partition coefficient (Wildman–Crippen LogP) is -7.03. The maximum atomic E-state index is 8.89. The van der Waals surface area contributed by atoms with E-state index < -0.39 is 17.9 Å². The number of carbonyl (C=O) groups is 3. The van der Waals surface area contributed by atoms with Gasteiger partial charge in [-0.05, 0) is 20.8 Å². The smallest absolute Gasteiger partial charge is 0.550 e. The quantitative estimate of drug-likeness (QED) is 0.366. The van der Waals surface area contributed by atoms with Crippen molar-refractivity contribution >= 4 is 17.9 Å². The first-order chi connectivity index (χ1) is 5.20. The van der Waals surface area contributed by atoms with E-state index in [0.717, 1.165) is 20.8 Å². The van der Waals surface area contributed by atoms with E-state index in [4.69, 9.17) is 29.7 Å². The van der Waals surface area contributed by atoms with E-state index in [-0.39, 0.29) is 68.8 Å². The van der Waals surface area contributed by atoms with Gasteiger partial charge in [-0.3, -0.25) is 0 Å². The van der Waals surface area contributed by atoms with Crippen molar-refractivity contribution < 1.29 is 98.5 Å². The summed E-state index contributed by atoms with van der Waals surface area (Å²) < 4.78 is 0. The number of hydrogen-bond acceptors (Lipinski definition) is 6. The summed E-state index contributed by atoms with van der Waals surface area (Å²) in [7, 11) is 0. The van der Waals surface area contributed by atoms with Crippen LogP contribution in [-0.2, 0) is 14.4 Å². The van der Waals surface area contributed by atoms with Crippen LogP contribution in [0, 0.1) is 46.9 Å². The Morgan fingerprint density at radius 1 is 0.588 bits per heavy atom. The van der Waals surface area contributed by atoms with Crippen molar-refractivity contribution in [3.05, 3.63) is 0 Å². The van der Waals surface area contributed by atoms with E-state index in [1.165, 1.54) is 0 Å². The van der Waals surface area contributed by atoms with Gasteiger partial charge in [0.2, 0.25) is 0 Å². The van der Waals surface area contributed by atoms with Gasteiger partial charge in [0.25, 0.3) is 0 Å². The van der Waals surface area contributed by atoms with Crippen LogP contribution in [0.25, 0.3) is 0 Å². The van der Waals surface area contributed by atoms with Gasteiger partial charge >= 0.3 is 46.9 Å². The van der Waals surface area contributed by atoms with Gasteiger partial charge in [-0.2, -0.15) is 0 Å². The molecule has 115 valence electrons. The summed E-state index contributed by atoms with van der Waals surface area (Å²) in [6.45, 7) is 2.92. The summed E-state index contributed by atoms with van der Waals surface area (Å²) in [5.74, 6) is -3.25. The molecule has 0 aliphatic carbocycles. The topological polar surface area (TPSA) is 246 Å². The van der Waals surface area contributed by atoms with Crippen LogP contribution in [-0.4, -0.2) is 39.8 Å². The van der Waals surface area contributed by atoms with Gasteiger partial charge in [0.05, 0.1) is 0 Å². The number of aliphatic carboxylic acids is 3. The molecule has 1 radical (unpaired) electrons. The van der Waals surface area contributed by atoms with Crippen LogP contribution in [0.4, 0.5) is 0 Å². The standard InChI is InChI=1S/3C2H4O2.4H2O.Yb/c3*1-2(3)4;;;;;/h3*1H3,(H,3,4);4*1H2;/q;;;;;;;+3/p-3. The molecule has 0 amide bonds. The van der Waals surface area contributed by atoms with Crippen molar-refractivity contribution in [2.75, 3.05) is 0 Å². The molecule has 0 aromatic rings. The van der Waals surface area contributed by atoms with Crippen molar-refractivity contribution in [3.63, 3.8) is 0 Å². The molecule has 0 fully saturated rings. The Morgan fingerprint density at radius 2 is 0.588 bits per heavy atom. The molecule has 0 aromatic carbocycles. The Labute approximate surface area is 136 Å². The Bertz CT molecular complexity index is 118. The first-order valence-electron chi connectivity index (χ1n) is 2.72. The zero-order chi connectivity index (χ0) is 10.7. The van der Waals surface area contributed by atoms with Gasteiger partial charge in [0, 0.05) is 17.9 Å². The summed E-state index contributed by atoms with van der Waals surface area (Å²) in [6, 6.07) is 0. The summed E-state index contributed by atoms with van der Waals surface area (Å²) >= 11 is 0. The van der Waals surface area contributed by atoms with E-state index in [0.29, 0.717) is 0 Å². The molecule has 0 atom stereocenters. The molecular weight excluding hydrogens is 405 g/mol. The Kier molecular flexibility index (Phi) is 143. The van der Waals surface area contributed by atoms with Crippen molar-refractivity contribution in [1.82, 2.24) is 0 Å². The van der Waals surface area contributed by atoms with E-state index >= 15 is 0 Å². The summed E-state index contributed by atoms with van der Waals surface area (Å²) in [6.07, 6.45) is 0. The second kappa shape index (κ2) is 44.7. The van der Waals surface area contributed by atoms with Crippen LogP contribution in [0.2, 0.25) is 0 Å². The molecule has 10 nitrogen and oxygen atoms in total. The summed E-state index contributed by atoms with van der Waals surface area (Å²) in [5.41, 5.74) is 0. The predicted molar refractivity (Wildman–Crippen MR) is 46.5 cm³/mol. The van der Waals surface area contributed by atoms with Crippen LogP contribution in [0.3, 0.4) is 0 Å². The Hall–Kier alpha value is -0.231. The fourth-order valence-corrected chi connectivity index (χ4v) is 0. The molecule has 0 spiro atoms. The van der Waals surface area contributed by atoms with Crippen LogP contribution in [0.15, 0.2) is 0 Å². The minimum atomic E-state index is -1.08. The maximum absolute atomic E-state index is 8.89. The molecule has 0 heterocycles. The largest absolute Gasteiger partial charge is 3.00 e. The average molecular weight is 422 g/mol. The third kappa shape index (κ3) is 56300. The molecular formula is C6H17O10Yb. The molecule has 0 aliphatic rings. The first kappa shape index (κ1) is 54.2. The van der Waals surface area contributed by atoms with Crippen LogP contribution < -0.4 is 15.3 Å². The third-order valence-corrected chi connectivity index (χ3v) is 0. The number of rotatable bonds is 0. The fourth-order valence-electron chi connectivity index (χ4n) is 0. The monoisotopic (exact) mass is 423 g/mol. The molecule has 17 heavy (non-hydrogen) atoms. The minimum absolute atomic E-state index is 0. The van der Waals surface area contributed by atoms with Gasteiger partial charge in [-0.1, -0.05) is 0 Å². The third-order valence-electron chi connectivity index (χ3n) is 0. The van der Waals surface area contributed by atoms with Crippen LogP contribution in [0.1, 0.15) is 20.8 Å². The fraction of sp³-hybridized carbons (Fsp3) is 0.500. The number of carboxylic acids is 3. The number of carbonyl (C=O) groups excluding carboxylic acids is 3. The Balaban J connectivity index is -0.0000000104. The van der Waals surface area contributed by atoms with Gasteiger partial charge < -0.3 is 51.6 Å². The summed E-state index contributed by atoms with van der Waals surface area (Å²) in [5, 5.41) is 26.7. The first-order valence-corrected chi connectivity index (χ1v) is 2.72. The van der Waals surface area contributed by atoms with Crippen molar-refractivity contribution in [2.45, 2.75) is 20.8 Å². The van der Waals surface area contributed by atoms with Gasteiger partial charge in [-0.25, -0.2) is 0 Å². The minimum Gasteiger partial charge on any atom is -0.550 e. The van der Waals surface area contributed by atoms with Crippen molar-refractivity contribution in [3.8, 4) is 0 Å². The molecule has 0 rings (SSSR count). The Morgan fingerprint density at radius 3 is 0.588 bits per heavy atom. The molecule has 0 saturated carbocycles. The maximum Gasteiger partial charge on any atom is 3.00 e. The van der Waals surface area contributed by atoms with E-state index in [9.17, 15) is 0 Å². The molecule has 0 aliphatic heterocycles. The van der Waals surface area contributed by atoms with Crippen molar-refractivity contribution in [2.24, 2.45) is 0 Å². The number of carboxylic acid groups (broad SMARTS) is 3. The zero-order valence-corrected chi connectivity index (χ0v) is 10.9. The molecule has 8 N–H and O–H groups in total. The average Bonchev–Trinajstić information content (AvgIpc) is 1.54. The van der Waals surface area contributed by atoms with Crippen LogP contribution in [0.5, 0.6) is 0 Å². The summed E-state index contributed by atoms with van der Waals surface area (Å²) in [4.78, 5) is 26.7. The molecule has 0 aromatic heterocycles. The second-order valence-electron chi connectivity index (χ2n) is 1.47. The van der Waals surface area contributed by atoms with E-state index in [2.05, 4.69) is 0 Å². The molecule has 0 bridgehead atoms. The van der Waals surface area contributed by atoms with Gasteiger partial charge in [0.15, 0.2) is 0 Å². The molecule has 0 saturated heterocycles. The molecule has 11 heteroatoms.